The van der Waals surface area contributed by atoms with Crippen molar-refractivity contribution in [3.63, 3.8) is 0 Å². The first-order valence-electron chi connectivity index (χ1n) is 5.81. The minimum absolute atomic E-state index is 0.181. The highest BCUT2D eigenvalue weighted by Crippen LogP contribution is 2.35. The highest BCUT2D eigenvalue weighted by Gasteiger charge is 2.25. The third kappa shape index (κ3) is 2.58. The molecule has 0 aliphatic heterocycles. The minimum atomic E-state index is -0.181. The summed E-state index contributed by atoms with van der Waals surface area (Å²) in [7, 11) is 0. The molecule has 1 heterocycles. The summed E-state index contributed by atoms with van der Waals surface area (Å²) < 4.78 is 2.28. The summed E-state index contributed by atoms with van der Waals surface area (Å²) in [6.45, 7) is 6.12. The maximum atomic E-state index is 6.06. The lowest BCUT2D eigenvalue weighted by atomic mass is 9.96. The van der Waals surface area contributed by atoms with Crippen molar-refractivity contribution in [1.82, 2.24) is 9.66 Å². The summed E-state index contributed by atoms with van der Waals surface area (Å²) in [5.41, 5.74) is 7.41. The third-order valence-electron chi connectivity index (χ3n) is 2.81. The summed E-state index contributed by atoms with van der Waals surface area (Å²) in [6.07, 6.45) is 0. The first-order valence-corrected chi connectivity index (χ1v) is 6.98. The molecule has 1 aromatic carbocycles. The van der Waals surface area contributed by atoms with Gasteiger partial charge in [-0.15, -0.1) is 0 Å². The monoisotopic (exact) mass is 342 g/mol. The van der Waals surface area contributed by atoms with Crippen molar-refractivity contribution in [3.05, 3.63) is 33.5 Å². The highest BCUT2D eigenvalue weighted by atomic mass is 79.9. The van der Waals surface area contributed by atoms with Crippen LogP contribution in [0.25, 0.3) is 11.3 Å². The number of nitrogen functional groups attached to an aromatic ring is 2. The fraction of sp³-hybridized carbons (Fsp3) is 0.308. The maximum absolute atomic E-state index is 6.06. The molecule has 0 unspecified atom stereocenters. The predicted molar refractivity (Wildman–Crippen MR) is 83.6 cm³/mol. The molecule has 0 amide bonds. The van der Waals surface area contributed by atoms with Gasteiger partial charge in [0.2, 0.25) is 0 Å². The van der Waals surface area contributed by atoms with Crippen molar-refractivity contribution in [1.29, 1.82) is 0 Å². The Kier molecular flexibility index (Phi) is 3.53. The Morgan fingerprint density at radius 1 is 1.32 bits per heavy atom. The van der Waals surface area contributed by atoms with E-state index in [1.165, 1.54) is 4.68 Å². The van der Waals surface area contributed by atoms with Gasteiger partial charge in [-0.05, 0) is 12.1 Å². The van der Waals surface area contributed by atoms with Crippen LogP contribution >= 0.6 is 27.5 Å². The van der Waals surface area contributed by atoms with E-state index >= 15 is 0 Å². The molecule has 0 radical (unpaired) electrons. The van der Waals surface area contributed by atoms with Gasteiger partial charge in [-0.25, -0.2) is 9.66 Å². The molecule has 6 heteroatoms. The molecule has 0 saturated heterocycles. The normalized spacial score (nSPS) is 11.8. The van der Waals surface area contributed by atoms with Crippen molar-refractivity contribution in [2.45, 2.75) is 26.2 Å². The van der Waals surface area contributed by atoms with E-state index in [1.54, 1.807) is 6.07 Å². The van der Waals surface area contributed by atoms with Crippen molar-refractivity contribution in [2.24, 2.45) is 0 Å². The van der Waals surface area contributed by atoms with Gasteiger partial charge < -0.3 is 11.6 Å². The Labute approximate surface area is 125 Å². The molecule has 0 atom stereocenters. The first kappa shape index (κ1) is 14.2. The van der Waals surface area contributed by atoms with Gasteiger partial charge >= 0.3 is 0 Å². The summed E-state index contributed by atoms with van der Waals surface area (Å²) in [5, 5.41) is 0.650. The summed E-state index contributed by atoms with van der Waals surface area (Å²) in [5.74, 6) is 7.17. The number of hydrogen-bond donors (Lipinski definition) is 2. The molecule has 2 aromatic rings. The van der Waals surface area contributed by atoms with Crippen LogP contribution in [0.4, 0.5) is 5.82 Å². The van der Waals surface area contributed by atoms with Crippen molar-refractivity contribution in [2.75, 3.05) is 11.6 Å². The predicted octanol–water partition coefficient (Wildman–Crippen LogP) is 3.56. The number of benzene rings is 1. The molecule has 0 bridgehead atoms. The van der Waals surface area contributed by atoms with E-state index in [4.69, 9.17) is 23.2 Å². The van der Waals surface area contributed by atoms with Crippen molar-refractivity contribution in [3.8, 4) is 11.3 Å². The lowest BCUT2D eigenvalue weighted by Crippen LogP contribution is -2.24. The van der Waals surface area contributed by atoms with E-state index < -0.39 is 0 Å². The van der Waals surface area contributed by atoms with Crippen LogP contribution < -0.4 is 11.6 Å². The Balaban J connectivity index is 2.64. The van der Waals surface area contributed by atoms with Gasteiger partial charge in [0.25, 0.3) is 0 Å². The van der Waals surface area contributed by atoms with Crippen LogP contribution in [0.2, 0.25) is 5.02 Å². The van der Waals surface area contributed by atoms with Gasteiger partial charge in [-0.2, -0.15) is 0 Å². The van der Waals surface area contributed by atoms with Gasteiger partial charge in [0, 0.05) is 20.5 Å². The van der Waals surface area contributed by atoms with E-state index in [1.807, 2.05) is 32.9 Å². The van der Waals surface area contributed by atoms with Gasteiger partial charge in [-0.3, -0.25) is 0 Å². The number of imidazole rings is 1. The number of nitrogens with two attached hydrogens (primary N) is 2. The topological polar surface area (TPSA) is 69.9 Å². The zero-order chi connectivity index (χ0) is 14.4. The molecule has 4 nitrogen and oxygen atoms in total. The van der Waals surface area contributed by atoms with Crippen LogP contribution in [0, 0.1) is 0 Å². The Bertz CT molecular complexity index is 628. The second-order valence-electron chi connectivity index (χ2n) is 5.41. The second-order valence-corrected chi connectivity index (χ2v) is 6.70. The fourth-order valence-electron chi connectivity index (χ4n) is 1.85. The average molecular weight is 344 g/mol. The summed E-state index contributed by atoms with van der Waals surface area (Å²) in [4.78, 5) is 4.58. The minimum Gasteiger partial charge on any atom is -0.382 e. The van der Waals surface area contributed by atoms with Crippen LogP contribution in [-0.4, -0.2) is 9.66 Å². The lowest BCUT2D eigenvalue weighted by molar-refractivity contribution is 0.532. The molecular weight excluding hydrogens is 328 g/mol. The molecule has 0 saturated carbocycles. The Hall–Kier alpha value is -1.20. The van der Waals surface area contributed by atoms with E-state index in [9.17, 15) is 0 Å². The van der Waals surface area contributed by atoms with Crippen LogP contribution in [-0.2, 0) is 5.41 Å². The zero-order valence-electron chi connectivity index (χ0n) is 11.0. The summed E-state index contributed by atoms with van der Waals surface area (Å²) in [6, 6.07) is 5.48. The molecule has 0 aliphatic carbocycles. The average Bonchev–Trinajstić information content (AvgIpc) is 2.56. The van der Waals surface area contributed by atoms with Gasteiger partial charge in [0.15, 0.2) is 5.82 Å². The van der Waals surface area contributed by atoms with Gasteiger partial charge in [0.05, 0.1) is 0 Å². The second kappa shape index (κ2) is 4.72. The van der Waals surface area contributed by atoms with Crippen LogP contribution in [0.1, 0.15) is 26.6 Å². The molecule has 0 aliphatic rings. The number of anilines is 1. The quantitative estimate of drug-likeness (QED) is 0.778. The standard InChI is InChI=1S/C13H16BrClN4/c1-13(2,3)12-18-10(11(16)19(12)17)8-5-4-7(15)6-9(8)14/h4-6H,16-17H2,1-3H3. The maximum Gasteiger partial charge on any atom is 0.150 e. The molecule has 0 spiro atoms. The molecule has 19 heavy (non-hydrogen) atoms. The van der Waals surface area contributed by atoms with Gasteiger partial charge in [-0.1, -0.05) is 54.4 Å². The van der Waals surface area contributed by atoms with Crippen molar-refractivity contribution < 1.29 is 0 Å². The third-order valence-corrected chi connectivity index (χ3v) is 3.70. The van der Waals surface area contributed by atoms with Crippen LogP contribution in [0.3, 0.4) is 0 Å². The smallest absolute Gasteiger partial charge is 0.150 e. The molecule has 4 N–H and O–H groups in total. The number of nitrogens with zero attached hydrogens (tertiary/aromatic N) is 2. The molecule has 102 valence electrons. The van der Waals surface area contributed by atoms with E-state index in [0.29, 0.717) is 16.5 Å². The highest BCUT2D eigenvalue weighted by molar-refractivity contribution is 9.10. The number of halogens is 2. The lowest BCUT2D eigenvalue weighted by Gasteiger charge is -2.17. The Morgan fingerprint density at radius 2 is 1.95 bits per heavy atom. The molecule has 2 rings (SSSR count). The van der Waals surface area contributed by atoms with E-state index in [2.05, 4.69) is 20.9 Å². The summed E-state index contributed by atoms with van der Waals surface area (Å²) >= 11 is 9.41. The number of aromatic nitrogens is 2. The van der Waals surface area contributed by atoms with Crippen LogP contribution in [0.5, 0.6) is 0 Å². The number of hydrogen-bond acceptors (Lipinski definition) is 3. The molecule has 1 aromatic heterocycles. The van der Waals surface area contributed by atoms with Crippen molar-refractivity contribution >= 4 is 33.3 Å². The largest absolute Gasteiger partial charge is 0.382 e. The fourth-order valence-corrected chi connectivity index (χ4v) is 2.72. The van der Waals surface area contributed by atoms with Crippen LogP contribution in [0.15, 0.2) is 22.7 Å². The molecular formula is C13H16BrClN4. The molecule has 0 fully saturated rings. The Morgan fingerprint density at radius 3 is 2.42 bits per heavy atom. The SMILES string of the molecule is CC(C)(C)c1nc(-c2ccc(Cl)cc2Br)c(N)n1N. The first-order chi connectivity index (χ1) is 8.71. The number of rotatable bonds is 1. The van der Waals surface area contributed by atoms with Gasteiger partial charge in [0.1, 0.15) is 11.5 Å². The van der Waals surface area contributed by atoms with E-state index in [0.717, 1.165) is 15.9 Å². The van der Waals surface area contributed by atoms with E-state index in [-0.39, 0.29) is 5.41 Å². The zero-order valence-corrected chi connectivity index (χ0v) is 13.4.